The van der Waals surface area contributed by atoms with Crippen LogP contribution in [-0.2, 0) is 6.54 Å². The Kier molecular flexibility index (Phi) is 5.39. The average molecular weight is 257 g/mol. The molecule has 1 heterocycles. The molecule has 0 aromatic carbocycles. The molecule has 0 radical (unpaired) electrons. The number of nitrogens with one attached hydrogen (secondary N) is 1. The summed E-state index contributed by atoms with van der Waals surface area (Å²) < 4.78 is 2.05. The molecular formula is C11H23N5S. The lowest BCUT2D eigenvalue weighted by Crippen LogP contribution is -2.28. The van der Waals surface area contributed by atoms with Gasteiger partial charge in [0.25, 0.3) is 0 Å². The predicted octanol–water partition coefficient (Wildman–Crippen LogP) is 1.88. The maximum absolute atomic E-state index is 4.12. The minimum atomic E-state index is 0.147. The fraction of sp³-hybridized carbons (Fsp3) is 0.909. The van der Waals surface area contributed by atoms with Crippen LogP contribution in [0.1, 0.15) is 46.0 Å². The lowest BCUT2D eigenvalue weighted by molar-refractivity contribution is 0.451. The van der Waals surface area contributed by atoms with E-state index in [4.69, 9.17) is 0 Å². The number of rotatable bonds is 7. The van der Waals surface area contributed by atoms with Gasteiger partial charge in [-0.3, -0.25) is 0 Å². The summed E-state index contributed by atoms with van der Waals surface area (Å²) in [5.74, 6) is 0.917. The normalized spacial score (nSPS) is 13.9. The molecule has 0 aliphatic rings. The first-order valence-corrected chi connectivity index (χ1v) is 7.27. The lowest BCUT2D eigenvalue weighted by Gasteiger charge is -2.23. The Morgan fingerprint density at radius 2 is 2.18 bits per heavy atom. The van der Waals surface area contributed by atoms with Gasteiger partial charge in [0.15, 0.2) is 5.82 Å². The summed E-state index contributed by atoms with van der Waals surface area (Å²) >= 11 is 1.83. The fourth-order valence-corrected chi connectivity index (χ4v) is 1.76. The first-order chi connectivity index (χ1) is 8.00. The summed E-state index contributed by atoms with van der Waals surface area (Å²) in [5.41, 5.74) is 0. The predicted molar refractivity (Wildman–Crippen MR) is 72.1 cm³/mol. The van der Waals surface area contributed by atoms with Crippen LogP contribution in [0.3, 0.4) is 0 Å². The van der Waals surface area contributed by atoms with Gasteiger partial charge in [-0.15, -0.1) is 5.10 Å². The van der Waals surface area contributed by atoms with E-state index in [0.29, 0.717) is 0 Å². The van der Waals surface area contributed by atoms with Crippen LogP contribution in [0.4, 0.5) is 0 Å². The molecule has 98 valence electrons. The molecule has 0 saturated carbocycles. The first-order valence-electron chi connectivity index (χ1n) is 6.04. The zero-order chi connectivity index (χ0) is 12.9. The van der Waals surface area contributed by atoms with Crippen molar-refractivity contribution < 1.29 is 0 Å². The van der Waals surface area contributed by atoms with Crippen LogP contribution in [0.5, 0.6) is 0 Å². The van der Waals surface area contributed by atoms with Crippen molar-refractivity contribution in [2.45, 2.75) is 51.4 Å². The van der Waals surface area contributed by atoms with Crippen molar-refractivity contribution in [3.63, 3.8) is 0 Å². The minimum Gasteiger partial charge on any atom is -0.307 e. The SMILES string of the molecule is CCCNC(C)c1nnnn1CC(C)(C)SC. The molecule has 1 atom stereocenters. The second-order valence-corrected chi connectivity index (χ2v) is 6.35. The average Bonchev–Trinajstić information content (AvgIpc) is 2.73. The second-order valence-electron chi connectivity index (χ2n) is 4.83. The highest BCUT2D eigenvalue weighted by atomic mass is 32.2. The smallest absolute Gasteiger partial charge is 0.167 e. The van der Waals surface area contributed by atoms with E-state index in [1.165, 1.54) is 0 Å². The fourth-order valence-electron chi connectivity index (χ4n) is 1.51. The van der Waals surface area contributed by atoms with E-state index in [0.717, 1.165) is 25.3 Å². The van der Waals surface area contributed by atoms with Crippen LogP contribution < -0.4 is 5.32 Å². The summed E-state index contributed by atoms with van der Waals surface area (Å²) in [6.07, 6.45) is 3.23. The lowest BCUT2D eigenvalue weighted by atomic mass is 10.2. The molecule has 0 aliphatic carbocycles. The quantitative estimate of drug-likeness (QED) is 0.808. The Labute approximate surface area is 108 Å². The summed E-state index contributed by atoms with van der Waals surface area (Å²) in [6.45, 7) is 10.5. The standard InChI is InChI=1S/C11H23N5S/c1-6-7-12-9(2)10-13-14-15-16(10)8-11(3,4)17-5/h9,12H,6-8H2,1-5H3. The first kappa shape index (κ1) is 14.4. The van der Waals surface area contributed by atoms with Gasteiger partial charge in [0.2, 0.25) is 0 Å². The summed E-state index contributed by atoms with van der Waals surface area (Å²) in [6, 6.07) is 0.197. The Balaban J connectivity index is 2.71. The molecule has 1 rings (SSSR count). The Hall–Kier alpha value is -0.620. The maximum Gasteiger partial charge on any atom is 0.167 e. The number of thioether (sulfide) groups is 1. The molecule has 1 aromatic rings. The monoisotopic (exact) mass is 257 g/mol. The third kappa shape index (κ3) is 4.27. The van der Waals surface area contributed by atoms with Gasteiger partial charge in [0.1, 0.15) is 0 Å². The van der Waals surface area contributed by atoms with Crippen molar-refractivity contribution in [1.82, 2.24) is 25.5 Å². The molecular weight excluding hydrogens is 234 g/mol. The van der Waals surface area contributed by atoms with E-state index in [-0.39, 0.29) is 10.8 Å². The highest BCUT2D eigenvalue weighted by Crippen LogP contribution is 2.24. The summed E-state index contributed by atoms with van der Waals surface area (Å²) in [4.78, 5) is 0. The summed E-state index contributed by atoms with van der Waals surface area (Å²) in [7, 11) is 0. The van der Waals surface area contributed by atoms with E-state index in [2.05, 4.69) is 54.8 Å². The number of hydrogen-bond donors (Lipinski definition) is 1. The number of hydrogen-bond acceptors (Lipinski definition) is 5. The number of tetrazole rings is 1. The molecule has 0 aliphatic heterocycles. The highest BCUT2D eigenvalue weighted by molar-refractivity contribution is 7.99. The third-order valence-corrected chi connectivity index (χ3v) is 3.96. The van der Waals surface area contributed by atoms with E-state index >= 15 is 0 Å². The maximum atomic E-state index is 4.12. The molecule has 5 nitrogen and oxygen atoms in total. The van der Waals surface area contributed by atoms with Crippen molar-refractivity contribution in [3.8, 4) is 0 Å². The van der Waals surface area contributed by atoms with Crippen LogP contribution >= 0.6 is 11.8 Å². The minimum absolute atomic E-state index is 0.147. The zero-order valence-electron chi connectivity index (χ0n) is 11.4. The highest BCUT2D eigenvalue weighted by Gasteiger charge is 2.21. The molecule has 0 fully saturated rings. The summed E-state index contributed by atoms with van der Waals surface area (Å²) in [5, 5.41) is 15.4. The molecule has 1 unspecified atom stereocenters. The van der Waals surface area contributed by atoms with Crippen molar-refractivity contribution in [2.24, 2.45) is 0 Å². The van der Waals surface area contributed by atoms with Gasteiger partial charge in [-0.1, -0.05) is 6.92 Å². The van der Waals surface area contributed by atoms with Crippen molar-refractivity contribution in [2.75, 3.05) is 12.8 Å². The number of nitrogens with zero attached hydrogens (tertiary/aromatic N) is 4. The Morgan fingerprint density at radius 1 is 1.47 bits per heavy atom. The van der Waals surface area contributed by atoms with Crippen LogP contribution in [0, 0.1) is 0 Å². The van der Waals surface area contributed by atoms with Crippen molar-refractivity contribution >= 4 is 11.8 Å². The molecule has 0 spiro atoms. The zero-order valence-corrected chi connectivity index (χ0v) is 12.2. The van der Waals surface area contributed by atoms with Crippen LogP contribution in [0.25, 0.3) is 0 Å². The number of aromatic nitrogens is 4. The van der Waals surface area contributed by atoms with Crippen molar-refractivity contribution in [1.29, 1.82) is 0 Å². The van der Waals surface area contributed by atoms with E-state index in [9.17, 15) is 0 Å². The van der Waals surface area contributed by atoms with Crippen LogP contribution in [-0.4, -0.2) is 37.8 Å². The molecule has 0 amide bonds. The van der Waals surface area contributed by atoms with Gasteiger partial charge in [-0.2, -0.15) is 11.8 Å². The van der Waals surface area contributed by atoms with Gasteiger partial charge >= 0.3 is 0 Å². The molecule has 0 bridgehead atoms. The molecule has 1 N–H and O–H groups in total. The van der Waals surface area contributed by atoms with Crippen LogP contribution in [0.2, 0.25) is 0 Å². The van der Waals surface area contributed by atoms with Gasteiger partial charge in [0.05, 0.1) is 12.6 Å². The Morgan fingerprint density at radius 3 is 2.76 bits per heavy atom. The van der Waals surface area contributed by atoms with Gasteiger partial charge in [0, 0.05) is 4.75 Å². The van der Waals surface area contributed by atoms with E-state index in [1.54, 1.807) is 0 Å². The molecule has 0 saturated heterocycles. The van der Waals surface area contributed by atoms with Gasteiger partial charge in [-0.25, -0.2) is 4.68 Å². The third-order valence-electron chi connectivity index (χ3n) is 2.73. The molecule has 17 heavy (non-hydrogen) atoms. The van der Waals surface area contributed by atoms with Crippen molar-refractivity contribution in [3.05, 3.63) is 5.82 Å². The van der Waals surface area contributed by atoms with Crippen LogP contribution in [0.15, 0.2) is 0 Å². The van der Waals surface area contributed by atoms with Gasteiger partial charge in [-0.05, 0) is 50.4 Å². The largest absolute Gasteiger partial charge is 0.307 e. The van der Waals surface area contributed by atoms with E-state index in [1.807, 2.05) is 16.4 Å². The molecule has 6 heteroatoms. The topological polar surface area (TPSA) is 55.6 Å². The molecule has 1 aromatic heterocycles. The van der Waals surface area contributed by atoms with E-state index < -0.39 is 0 Å². The van der Waals surface area contributed by atoms with Gasteiger partial charge < -0.3 is 5.32 Å². The Bertz CT molecular complexity index is 336. The second kappa shape index (κ2) is 6.35.